The molecule has 1 aromatic rings. The van der Waals surface area contributed by atoms with E-state index in [4.69, 9.17) is 9.47 Å². The van der Waals surface area contributed by atoms with Crippen LogP contribution in [0.3, 0.4) is 0 Å². The number of rotatable bonds is 6. The van der Waals surface area contributed by atoms with Gasteiger partial charge in [0.2, 0.25) is 0 Å². The van der Waals surface area contributed by atoms with Gasteiger partial charge in [-0.1, -0.05) is 45.4 Å². The summed E-state index contributed by atoms with van der Waals surface area (Å²) in [5, 5.41) is 3.34. The van der Waals surface area contributed by atoms with Crippen LogP contribution in [0.5, 0.6) is 5.75 Å². The predicted octanol–water partition coefficient (Wildman–Crippen LogP) is 4.64. The van der Waals surface area contributed by atoms with Crippen molar-refractivity contribution in [1.82, 2.24) is 5.32 Å². The van der Waals surface area contributed by atoms with E-state index in [1.54, 1.807) is 0 Å². The fourth-order valence-electron chi connectivity index (χ4n) is 4.30. The average molecular weight is 398 g/mol. The molecule has 1 atom stereocenters. The van der Waals surface area contributed by atoms with E-state index in [1.807, 2.05) is 31.2 Å². The van der Waals surface area contributed by atoms with E-state index in [9.17, 15) is 9.59 Å². The van der Waals surface area contributed by atoms with E-state index in [1.165, 1.54) is 7.11 Å². The molecule has 0 bridgehead atoms. The molecule has 1 aliphatic heterocycles. The summed E-state index contributed by atoms with van der Waals surface area (Å²) < 4.78 is 11.1. The van der Waals surface area contributed by atoms with Crippen molar-refractivity contribution in [3.8, 4) is 5.75 Å². The zero-order chi connectivity index (χ0) is 21.2. The van der Waals surface area contributed by atoms with Crippen molar-refractivity contribution in [3.63, 3.8) is 0 Å². The molecule has 0 spiro atoms. The van der Waals surface area contributed by atoms with E-state index in [0.29, 0.717) is 29.9 Å². The van der Waals surface area contributed by atoms with Gasteiger partial charge in [-0.2, -0.15) is 0 Å². The molecular formula is C24H31NO4. The molecule has 5 heteroatoms. The number of carbonyl (C=O) groups is 2. The Balaban J connectivity index is 2.16. The molecule has 0 saturated carbocycles. The van der Waals surface area contributed by atoms with Gasteiger partial charge in [0, 0.05) is 29.0 Å². The number of Topliss-reactive ketones (excluding diaryl/α,β-unsaturated/α-hetero) is 1. The summed E-state index contributed by atoms with van der Waals surface area (Å²) in [4.78, 5) is 26.0. The minimum atomic E-state index is -0.486. The van der Waals surface area contributed by atoms with Crippen molar-refractivity contribution in [2.75, 3.05) is 13.7 Å². The van der Waals surface area contributed by atoms with Crippen molar-refractivity contribution in [2.24, 2.45) is 5.41 Å². The number of unbranched alkanes of at least 4 members (excludes halogenated alkanes) is 1. The van der Waals surface area contributed by atoms with Gasteiger partial charge in [-0.15, -0.1) is 0 Å². The number of hydrogen-bond donors (Lipinski definition) is 1. The average Bonchev–Trinajstić information content (AvgIpc) is 2.66. The lowest BCUT2D eigenvalue weighted by molar-refractivity contribution is -0.136. The monoisotopic (exact) mass is 397 g/mol. The highest BCUT2D eigenvalue weighted by Gasteiger charge is 2.43. The second-order valence-electron chi connectivity index (χ2n) is 8.66. The number of hydrogen-bond acceptors (Lipinski definition) is 5. The molecule has 1 N–H and O–H groups in total. The third-order valence-electron chi connectivity index (χ3n) is 5.63. The molecule has 0 radical (unpaired) electrons. The van der Waals surface area contributed by atoms with Gasteiger partial charge in [0.1, 0.15) is 5.75 Å². The zero-order valence-electron chi connectivity index (χ0n) is 18.1. The number of ether oxygens (including phenoxy) is 2. The Morgan fingerprint density at radius 1 is 1.24 bits per heavy atom. The number of ketones is 1. The third-order valence-corrected chi connectivity index (χ3v) is 5.63. The quantitative estimate of drug-likeness (QED) is 0.559. The molecule has 1 heterocycles. The maximum Gasteiger partial charge on any atom is 0.336 e. The molecule has 1 unspecified atom stereocenters. The van der Waals surface area contributed by atoms with Gasteiger partial charge >= 0.3 is 5.97 Å². The first-order valence-electron chi connectivity index (χ1n) is 10.3. The standard InChI is InChI=1S/C24H31NO4/c1-6-7-12-29-19-11-9-8-10-16(19)21-20(23(27)28-5)15(2)25-17-13-24(3,4)14-18(26)22(17)21/h8-11,21,25H,6-7,12-14H2,1-5H3. The lowest BCUT2D eigenvalue weighted by Crippen LogP contribution is -2.38. The highest BCUT2D eigenvalue weighted by molar-refractivity contribution is 6.04. The third kappa shape index (κ3) is 4.24. The molecule has 0 amide bonds. The normalized spacial score (nSPS) is 20.9. The molecule has 29 heavy (non-hydrogen) atoms. The van der Waals surface area contributed by atoms with E-state index in [2.05, 4.69) is 26.1 Å². The summed E-state index contributed by atoms with van der Waals surface area (Å²) in [6.45, 7) is 8.78. The van der Waals surface area contributed by atoms with Crippen LogP contribution in [0, 0.1) is 5.41 Å². The zero-order valence-corrected chi connectivity index (χ0v) is 18.1. The van der Waals surface area contributed by atoms with Crippen LogP contribution in [0.1, 0.15) is 64.9 Å². The molecule has 2 aliphatic rings. The topological polar surface area (TPSA) is 64.6 Å². The lowest BCUT2D eigenvalue weighted by atomic mass is 9.68. The number of dihydropyridines is 1. The Labute approximate surface area is 173 Å². The number of nitrogens with one attached hydrogen (secondary N) is 1. The Kier molecular flexibility index (Phi) is 6.15. The van der Waals surface area contributed by atoms with Crippen LogP contribution >= 0.6 is 0 Å². The number of para-hydroxylation sites is 1. The first-order valence-corrected chi connectivity index (χ1v) is 10.3. The summed E-state index contributed by atoms with van der Waals surface area (Å²) in [6.07, 6.45) is 3.19. The minimum absolute atomic E-state index is 0.0750. The number of methoxy groups -OCH3 is 1. The van der Waals surface area contributed by atoms with Crippen LogP contribution in [0.4, 0.5) is 0 Å². The predicted molar refractivity (Wildman–Crippen MR) is 112 cm³/mol. The summed E-state index contributed by atoms with van der Waals surface area (Å²) in [7, 11) is 1.37. The number of esters is 1. The second kappa shape index (κ2) is 8.44. The van der Waals surface area contributed by atoms with Gasteiger partial charge in [-0.25, -0.2) is 4.79 Å². The van der Waals surface area contributed by atoms with Crippen molar-refractivity contribution >= 4 is 11.8 Å². The SMILES string of the molecule is CCCCOc1ccccc1C1C(C(=O)OC)=C(C)NC2=C1C(=O)CC(C)(C)C2. The van der Waals surface area contributed by atoms with E-state index >= 15 is 0 Å². The first-order chi connectivity index (χ1) is 13.8. The number of allylic oxidation sites excluding steroid dienone is 3. The molecule has 5 nitrogen and oxygen atoms in total. The fourth-order valence-corrected chi connectivity index (χ4v) is 4.30. The molecule has 1 aromatic carbocycles. The van der Waals surface area contributed by atoms with Gasteiger partial charge in [0.05, 0.1) is 25.2 Å². The maximum absolute atomic E-state index is 13.2. The van der Waals surface area contributed by atoms with Crippen LogP contribution in [0.25, 0.3) is 0 Å². The maximum atomic E-state index is 13.2. The van der Waals surface area contributed by atoms with Gasteiger partial charge in [0.15, 0.2) is 5.78 Å². The summed E-state index contributed by atoms with van der Waals surface area (Å²) >= 11 is 0. The van der Waals surface area contributed by atoms with Crippen molar-refractivity contribution in [2.45, 2.75) is 59.3 Å². The van der Waals surface area contributed by atoms with Crippen LogP contribution in [0.15, 0.2) is 46.8 Å². The van der Waals surface area contributed by atoms with Crippen molar-refractivity contribution in [1.29, 1.82) is 0 Å². The lowest BCUT2D eigenvalue weighted by Gasteiger charge is -2.39. The smallest absolute Gasteiger partial charge is 0.336 e. The van der Waals surface area contributed by atoms with Crippen LogP contribution in [-0.4, -0.2) is 25.5 Å². The van der Waals surface area contributed by atoms with Gasteiger partial charge in [-0.3, -0.25) is 4.79 Å². The highest BCUT2D eigenvalue weighted by Crippen LogP contribution is 2.48. The molecular weight excluding hydrogens is 366 g/mol. The fraction of sp³-hybridized carbons (Fsp3) is 0.500. The van der Waals surface area contributed by atoms with E-state index < -0.39 is 11.9 Å². The molecule has 0 saturated heterocycles. The first kappa shape index (κ1) is 21.2. The Morgan fingerprint density at radius 3 is 2.66 bits per heavy atom. The Hall–Kier alpha value is -2.56. The second-order valence-corrected chi connectivity index (χ2v) is 8.66. The Morgan fingerprint density at radius 2 is 1.97 bits per heavy atom. The Bertz CT molecular complexity index is 879. The van der Waals surface area contributed by atoms with Crippen LogP contribution in [0.2, 0.25) is 0 Å². The van der Waals surface area contributed by atoms with E-state index in [-0.39, 0.29) is 11.2 Å². The molecule has 3 rings (SSSR count). The molecule has 0 aromatic heterocycles. The number of benzene rings is 1. The van der Waals surface area contributed by atoms with Gasteiger partial charge in [0.25, 0.3) is 0 Å². The minimum Gasteiger partial charge on any atom is -0.493 e. The van der Waals surface area contributed by atoms with Crippen molar-refractivity contribution < 1.29 is 19.1 Å². The summed E-state index contributed by atoms with van der Waals surface area (Å²) in [6, 6.07) is 7.70. The van der Waals surface area contributed by atoms with Crippen LogP contribution in [-0.2, 0) is 14.3 Å². The summed E-state index contributed by atoms with van der Waals surface area (Å²) in [5.74, 6) is -0.120. The molecule has 1 aliphatic carbocycles. The highest BCUT2D eigenvalue weighted by atomic mass is 16.5. The summed E-state index contributed by atoms with van der Waals surface area (Å²) in [5.41, 5.74) is 3.51. The van der Waals surface area contributed by atoms with E-state index in [0.717, 1.165) is 36.2 Å². The van der Waals surface area contributed by atoms with Crippen molar-refractivity contribution in [3.05, 3.63) is 52.4 Å². The largest absolute Gasteiger partial charge is 0.493 e. The van der Waals surface area contributed by atoms with Crippen LogP contribution < -0.4 is 10.1 Å². The van der Waals surface area contributed by atoms with Gasteiger partial charge in [-0.05, 0) is 31.2 Å². The van der Waals surface area contributed by atoms with Gasteiger partial charge < -0.3 is 14.8 Å². The number of carbonyl (C=O) groups excluding carboxylic acids is 2. The molecule has 0 fully saturated rings. The molecule has 156 valence electrons.